The first-order valence-corrected chi connectivity index (χ1v) is 9.78. The Bertz CT molecular complexity index is 525. The van der Waals surface area contributed by atoms with Crippen molar-refractivity contribution in [3.63, 3.8) is 0 Å². The number of hydrogen-bond donors (Lipinski definition) is 3. The Kier molecular flexibility index (Phi) is 4.87. The molecular formula is C14H17NO3S3. The molecule has 2 aliphatic heterocycles. The topological polar surface area (TPSA) is 73.5 Å². The van der Waals surface area contributed by atoms with E-state index in [1.54, 1.807) is 23.5 Å². The quantitative estimate of drug-likeness (QED) is 0.576. The third-order valence-electron chi connectivity index (χ3n) is 3.67. The van der Waals surface area contributed by atoms with Crippen molar-refractivity contribution in [3.05, 3.63) is 29.8 Å². The molecule has 2 fully saturated rings. The Labute approximate surface area is 136 Å². The first-order valence-electron chi connectivity index (χ1n) is 6.63. The second-order valence-corrected chi connectivity index (χ2v) is 8.50. The SMILES string of the molecule is CSC(=N)c1ccc(S[C@H]2SC[C@@H]3O[C@H]2[C@@H](O)[C@@H]3O)cc1. The van der Waals surface area contributed by atoms with Gasteiger partial charge in [0.2, 0.25) is 0 Å². The molecule has 1 aromatic rings. The van der Waals surface area contributed by atoms with E-state index < -0.39 is 12.2 Å². The predicted octanol–water partition coefficient (Wildman–Crippen LogP) is 2.03. The highest BCUT2D eigenvalue weighted by atomic mass is 32.2. The van der Waals surface area contributed by atoms with Crippen molar-refractivity contribution in [2.75, 3.05) is 12.0 Å². The Morgan fingerprint density at radius 2 is 2.00 bits per heavy atom. The monoisotopic (exact) mass is 343 g/mol. The molecule has 0 radical (unpaired) electrons. The molecule has 2 bridgehead atoms. The van der Waals surface area contributed by atoms with Gasteiger partial charge in [0.1, 0.15) is 18.3 Å². The average molecular weight is 343 g/mol. The van der Waals surface area contributed by atoms with Crippen molar-refractivity contribution >= 4 is 40.3 Å². The van der Waals surface area contributed by atoms with Crippen LogP contribution in [0.25, 0.3) is 0 Å². The van der Waals surface area contributed by atoms with E-state index in [0.29, 0.717) is 10.8 Å². The van der Waals surface area contributed by atoms with Gasteiger partial charge in [0.05, 0.1) is 15.7 Å². The summed E-state index contributed by atoms with van der Waals surface area (Å²) in [5, 5.41) is 28.2. The number of aliphatic hydroxyl groups is 2. The molecular weight excluding hydrogens is 326 g/mol. The predicted molar refractivity (Wildman–Crippen MR) is 89.6 cm³/mol. The number of hydrogen-bond acceptors (Lipinski definition) is 7. The molecule has 3 N–H and O–H groups in total. The summed E-state index contributed by atoms with van der Waals surface area (Å²) < 4.78 is 5.79. The maximum Gasteiger partial charge on any atom is 0.111 e. The number of aliphatic hydroxyl groups excluding tert-OH is 2. The highest BCUT2D eigenvalue weighted by Gasteiger charge is 2.50. The second kappa shape index (κ2) is 6.52. The van der Waals surface area contributed by atoms with Gasteiger partial charge in [-0.15, -0.1) is 35.3 Å². The minimum absolute atomic E-state index is 0.0826. The van der Waals surface area contributed by atoms with Gasteiger partial charge >= 0.3 is 0 Å². The summed E-state index contributed by atoms with van der Waals surface area (Å²) in [7, 11) is 0. The van der Waals surface area contributed by atoms with E-state index in [2.05, 4.69) is 0 Å². The zero-order valence-electron chi connectivity index (χ0n) is 11.4. The minimum atomic E-state index is -0.800. The molecule has 0 aromatic heterocycles. The van der Waals surface area contributed by atoms with Gasteiger partial charge in [-0.3, -0.25) is 5.41 Å². The van der Waals surface area contributed by atoms with Gasteiger partial charge in [-0.1, -0.05) is 12.1 Å². The summed E-state index contributed by atoms with van der Waals surface area (Å²) in [6.45, 7) is 0. The molecule has 2 heterocycles. The maximum absolute atomic E-state index is 10.0. The van der Waals surface area contributed by atoms with Crippen LogP contribution in [0, 0.1) is 5.41 Å². The molecule has 0 unspecified atom stereocenters. The lowest BCUT2D eigenvalue weighted by molar-refractivity contribution is 0.0229. The molecule has 2 saturated heterocycles. The molecule has 21 heavy (non-hydrogen) atoms. The van der Waals surface area contributed by atoms with Crippen molar-refractivity contribution in [2.45, 2.75) is 33.9 Å². The van der Waals surface area contributed by atoms with E-state index in [9.17, 15) is 10.2 Å². The van der Waals surface area contributed by atoms with E-state index in [4.69, 9.17) is 10.1 Å². The number of benzene rings is 1. The van der Waals surface area contributed by atoms with Gasteiger partial charge in [0.15, 0.2) is 0 Å². The fourth-order valence-corrected chi connectivity index (χ4v) is 5.67. The van der Waals surface area contributed by atoms with Crippen molar-refractivity contribution in [1.82, 2.24) is 0 Å². The van der Waals surface area contributed by atoms with E-state index in [-0.39, 0.29) is 16.8 Å². The standard InChI is InChI=1S/C14H17NO3S3/c1-19-13(15)7-2-4-8(5-3-7)21-14-12-11(17)10(16)9(18-12)6-20-14/h2-5,9-12,14-17H,6H2,1H3/t9-,10+,11-,12-,14+/m0/s1. The highest BCUT2D eigenvalue weighted by Crippen LogP contribution is 2.44. The number of rotatable bonds is 3. The van der Waals surface area contributed by atoms with Crippen molar-refractivity contribution in [2.24, 2.45) is 0 Å². The highest BCUT2D eigenvalue weighted by molar-refractivity contribution is 8.17. The van der Waals surface area contributed by atoms with Crippen LogP contribution in [0.15, 0.2) is 29.2 Å². The summed E-state index contributed by atoms with van der Waals surface area (Å²) in [6.07, 6.45) is -0.234. The fourth-order valence-electron chi connectivity index (χ4n) is 2.46. The van der Waals surface area contributed by atoms with Gasteiger partial charge < -0.3 is 14.9 Å². The Hall–Kier alpha value is -0.180. The molecule has 0 amide bonds. The van der Waals surface area contributed by atoms with Crippen LogP contribution in [-0.2, 0) is 4.74 Å². The molecule has 0 spiro atoms. The second-order valence-electron chi connectivity index (χ2n) is 5.00. The zero-order chi connectivity index (χ0) is 15.0. The van der Waals surface area contributed by atoms with E-state index in [0.717, 1.165) is 10.5 Å². The molecule has 5 atom stereocenters. The van der Waals surface area contributed by atoms with E-state index in [1.807, 2.05) is 30.5 Å². The summed E-state index contributed by atoms with van der Waals surface area (Å²) >= 11 is 4.80. The van der Waals surface area contributed by atoms with E-state index >= 15 is 0 Å². The molecule has 4 nitrogen and oxygen atoms in total. The van der Waals surface area contributed by atoms with Crippen LogP contribution in [0.5, 0.6) is 0 Å². The van der Waals surface area contributed by atoms with Gasteiger partial charge in [-0.25, -0.2) is 0 Å². The largest absolute Gasteiger partial charge is 0.388 e. The Balaban J connectivity index is 1.68. The normalized spacial score (nSPS) is 34.9. The lowest BCUT2D eigenvalue weighted by Crippen LogP contribution is -2.34. The molecule has 2 aliphatic rings. The number of nitrogens with one attached hydrogen (secondary N) is 1. The van der Waals surface area contributed by atoms with Crippen LogP contribution in [0.1, 0.15) is 5.56 Å². The Morgan fingerprint density at radius 1 is 1.29 bits per heavy atom. The lowest BCUT2D eigenvalue weighted by atomic mass is 10.1. The van der Waals surface area contributed by atoms with Gasteiger partial charge in [0.25, 0.3) is 0 Å². The smallest absolute Gasteiger partial charge is 0.111 e. The summed E-state index contributed by atoms with van der Waals surface area (Å²) in [5.74, 6) is 0.710. The molecule has 3 rings (SSSR count). The fraction of sp³-hybridized carbons (Fsp3) is 0.500. The molecule has 114 valence electrons. The summed E-state index contributed by atoms with van der Waals surface area (Å²) in [6, 6.07) is 7.88. The van der Waals surface area contributed by atoms with Crippen LogP contribution >= 0.6 is 35.3 Å². The van der Waals surface area contributed by atoms with Crippen LogP contribution < -0.4 is 0 Å². The van der Waals surface area contributed by atoms with Crippen LogP contribution in [0.4, 0.5) is 0 Å². The summed E-state index contributed by atoms with van der Waals surface area (Å²) in [4.78, 5) is 1.08. The van der Waals surface area contributed by atoms with Gasteiger partial charge in [-0.05, 0) is 18.4 Å². The average Bonchev–Trinajstić information content (AvgIpc) is 2.75. The first-order chi connectivity index (χ1) is 10.1. The first kappa shape index (κ1) is 15.7. The maximum atomic E-state index is 10.0. The van der Waals surface area contributed by atoms with E-state index in [1.165, 1.54) is 11.8 Å². The van der Waals surface area contributed by atoms with Crippen molar-refractivity contribution in [1.29, 1.82) is 5.41 Å². The molecule has 1 aromatic carbocycles. The Morgan fingerprint density at radius 3 is 2.67 bits per heavy atom. The van der Waals surface area contributed by atoms with Crippen molar-refractivity contribution in [3.8, 4) is 0 Å². The van der Waals surface area contributed by atoms with Crippen LogP contribution in [-0.4, -0.2) is 56.3 Å². The van der Waals surface area contributed by atoms with Crippen LogP contribution in [0.3, 0.4) is 0 Å². The lowest BCUT2D eigenvalue weighted by Gasteiger charge is -2.28. The third-order valence-corrected chi connectivity index (χ3v) is 7.17. The minimum Gasteiger partial charge on any atom is -0.388 e. The molecule has 0 aliphatic carbocycles. The third kappa shape index (κ3) is 3.13. The van der Waals surface area contributed by atoms with Gasteiger partial charge in [-0.2, -0.15) is 0 Å². The zero-order valence-corrected chi connectivity index (χ0v) is 13.9. The summed E-state index contributed by atoms with van der Waals surface area (Å²) in [5.41, 5.74) is 0.913. The molecule has 7 heteroatoms. The number of thioether (sulfide) groups is 3. The van der Waals surface area contributed by atoms with Crippen LogP contribution in [0.2, 0.25) is 0 Å². The van der Waals surface area contributed by atoms with Crippen molar-refractivity contribution < 1.29 is 14.9 Å². The number of fused-ring (bicyclic) bond motifs is 2. The molecule has 0 saturated carbocycles. The van der Waals surface area contributed by atoms with Gasteiger partial charge in [0, 0.05) is 16.2 Å². The number of ether oxygens (including phenoxy) is 1.